The number of phenolic OH excluding ortho intramolecular Hbond substituents is 2. The van der Waals surface area contributed by atoms with Gasteiger partial charge in [-0.2, -0.15) is 0 Å². The van der Waals surface area contributed by atoms with E-state index in [9.17, 15) is 39.6 Å². The lowest BCUT2D eigenvalue weighted by Crippen LogP contribution is -2.78. The molecule has 0 aromatic heterocycles. The van der Waals surface area contributed by atoms with E-state index < -0.39 is 92.2 Å². The van der Waals surface area contributed by atoms with Gasteiger partial charge in [0.15, 0.2) is 28.1 Å². The largest absolute Gasteiger partial charge is 0.507 e. The van der Waals surface area contributed by atoms with Crippen molar-refractivity contribution in [2.24, 2.45) is 10.8 Å². The van der Waals surface area contributed by atoms with E-state index in [0.717, 1.165) is 12.7 Å². The molecule has 8 atom stereocenters. The summed E-state index contributed by atoms with van der Waals surface area (Å²) in [6.45, 7) is 6.84. The molecular formula is C32H33ClO11. The number of Topliss-reactive ketones (excluding diaryl/α,β-unsaturated/α-hetero) is 2. The number of fused-ring (bicyclic) bond motifs is 2. The third kappa shape index (κ3) is 3.55. The third-order valence-corrected chi connectivity index (χ3v) is 10.9. The van der Waals surface area contributed by atoms with Crippen molar-refractivity contribution >= 4 is 35.1 Å². The van der Waals surface area contributed by atoms with Gasteiger partial charge in [-0.3, -0.25) is 14.4 Å². The number of aliphatic hydroxyl groups is 2. The molecule has 4 N–H and O–H groups in total. The van der Waals surface area contributed by atoms with Crippen LogP contribution >= 0.6 is 11.6 Å². The minimum absolute atomic E-state index is 0.0483. The van der Waals surface area contributed by atoms with Crippen LogP contribution in [0.1, 0.15) is 56.0 Å². The number of aromatic hydroxyl groups is 2. The molecule has 7 rings (SSSR count). The number of aliphatic hydroxyl groups excluding tert-OH is 1. The highest BCUT2D eigenvalue weighted by Crippen LogP contribution is 2.72. The van der Waals surface area contributed by atoms with Crippen LogP contribution in [0.5, 0.6) is 11.5 Å². The van der Waals surface area contributed by atoms with Gasteiger partial charge in [0.25, 0.3) is 0 Å². The fraction of sp³-hybridized carbons (Fsp3) is 0.500. The molecule has 4 fully saturated rings. The average molecular weight is 629 g/mol. The number of allylic oxidation sites excluding steroid dienone is 2. The minimum atomic E-state index is -2.77. The Hall–Kier alpha value is -3.51. The number of phenols is 2. The van der Waals surface area contributed by atoms with Gasteiger partial charge in [-0.15, -0.1) is 11.6 Å². The summed E-state index contributed by atoms with van der Waals surface area (Å²) in [4.78, 5) is 52.4. The molecule has 4 bridgehead atoms. The lowest BCUT2D eigenvalue weighted by atomic mass is 9.46. The van der Waals surface area contributed by atoms with Crippen LogP contribution < -0.4 is 0 Å². The molecule has 3 saturated carbocycles. The van der Waals surface area contributed by atoms with Crippen LogP contribution in [-0.2, 0) is 28.6 Å². The first-order valence-electron chi connectivity index (χ1n) is 14.2. The topological polar surface area (TPSA) is 180 Å². The van der Waals surface area contributed by atoms with Gasteiger partial charge in [-0.05, 0) is 56.5 Å². The molecule has 1 aromatic carbocycles. The van der Waals surface area contributed by atoms with Crippen molar-refractivity contribution in [3.05, 3.63) is 58.2 Å². The summed E-state index contributed by atoms with van der Waals surface area (Å²) >= 11 is 7.01. The van der Waals surface area contributed by atoms with Crippen LogP contribution in [0.2, 0.25) is 0 Å². The van der Waals surface area contributed by atoms with Gasteiger partial charge < -0.3 is 34.6 Å². The number of carbonyl (C=O) groups is 4. The molecule has 12 heteroatoms. The van der Waals surface area contributed by atoms with Gasteiger partial charge in [0.2, 0.25) is 0 Å². The number of benzene rings is 1. The molecule has 6 aliphatic rings. The van der Waals surface area contributed by atoms with Crippen LogP contribution in [0.15, 0.2) is 47.1 Å². The first-order valence-corrected chi connectivity index (χ1v) is 14.6. The maximum Gasteiger partial charge on any atom is 0.346 e. The monoisotopic (exact) mass is 628 g/mol. The lowest BCUT2D eigenvalue weighted by molar-refractivity contribution is -0.188. The maximum absolute atomic E-state index is 14.2. The van der Waals surface area contributed by atoms with Gasteiger partial charge in [0.05, 0.1) is 7.11 Å². The zero-order valence-electron chi connectivity index (χ0n) is 24.8. The summed E-state index contributed by atoms with van der Waals surface area (Å²) in [5.41, 5.74) is -7.00. The average Bonchev–Trinajstić information content (AvgIpc) is 3.66. The Kier molecular flexibility index (Phi) is 6.42. The fourth-order valence-corrected chi connectivity index (χ4v) is 8.33. The zero-order chi connectivity index (χ0) is 32.4. The Balaban J connectivity index is 1.52. The molecule has 1 heterocycles. The van der Waals surface area contributed by atoms with Gasteiger partial charge >= 0.3 is 11.9 Å². The van der Waals surface area contributed by atoms with E-state index in [-0.39, 0.29) is 24.0 Å². The number of esters is 2. The first-order chi connectivity index (χ1) is 20.4. The molecule has 8 unspecified atom stereocenters. The van der Waals surface area contributed by atoms with Crippen molar-refractivity contribution in [3.63, 3.8) is 0 Å². The molecule has 234 valence electrons. The second kappa shape index (κ2) is 9.26. The van der Waals surface area contributed by atoms with Crippen LogP contribution in [0.4, 0.5) is 0 Å². The predicted molar refractivity (Wildman–Crippen MR) is 153 cm³/mol. The van der Waals surface area contributed by atoms with E-state index >= 15 is 0 Å². The SMILES string of the molecule is COC(=O)C12CC(=O)C3(Cl)C(C)(C=C(C4=CC(O)C5OC5(CC=C(C)C)C4OC(=O)c4c(O)cc(C)cc4O)C3(O)C1=O)C2. The van der Waals surface area contributed by atoms with E-state index in [1.807, 2.05) is 13.8 Å². The van der Waals surface area contributed by atoms with Crippen LogP contribution in [0, 0.1) is 17.8 Å². The molecular weight excluding hydrogens is 596 g/mol. The third-order valence-electron chi connectivity index (χ3n) is 9.96. The minimum Gasteiger partial charge on any atom is -0.507 e. The summed E-state index contributed by atoms with van der Waals surface area (Å²) in [5.74, 6) is -4.97. The molecule has 44 heavy (non-hydrogen) atoms. The molecule has 5 aliphatic carbocycles. The smallest absolute Gasteiger partial charge is 0.346 e. The highest BCUT2D eigenvalue weighted by molar-refractivity contribution is 6.44. The standard InChI is InChI=1S/C32H33ClO11/c1-14(2)6-7-30-23(43-25(38)22-18(34)8-15(3)9-19(22)35)16(10-20(36)24(30)44-30)17-11-28(4)13-29(27(40)42-5)12-21(37)32(28,33)31(17,41)26(29)39/h6,8-11,20,23-24,34-36,41H,7,12-13H2,1-5H3. The molecule has 1 aromatic rings. The molecule has 1 saturated heterocycles. The Morgan fingerprint density at radius 2 is 1.82 bits per heavy atom. The van der Waals surface area contributed by atoms with Crippen molar-refractivity contribution in [1.29, 1.82) is 0 Å². The van der Waals surface area contributed by atoms with E-state index in [4.69, 9.17) is 25.8 Å². The van der Waals surface area contributed by atoms with Crippen molar-refractivity contribution < 1.29 is 53.8 Å². The number of epoxide rings is 1. The number of hydrogen-bond acceptors (Lipinski definition) is 11. The Bertz CT molecular complexity index is 1630. The first kappa shape index (κ1) is 30.5. The van der Waals surface area contributed by atoms with Gasteiger partial charge in [-0.25, -0.2) is 4.79 Å². The molecule has 0 amide bonds. The number of halogens is 1. The quantitative estimate of drug-likeness (QED) is 0.119. The summed E-state index contributed by atoms with van der Waals surface area (Å²) in [5, 5.41) is 44.6. The maximum atomic E-state index is 14.2. The van der Waals surface area contributed by atoms with E-state index in [1.54, 1.807) is 19.9 Å². The number of methoxy groups -OCH3 is 1. The van der Waals surface area contributed by atoms with Crippen LogP contribution in [0.25, 0.3) is 0 Å². The number of carbonyl (C=O) groups excluding carboxylic acids is 4. The lowest BCUT2D eigenvalue weighted by Gasteiger charge is -2.59. The second-order valence-corrected chi connectivity index (χ2v) is 13.6. The molecule has 0 spiro atoms. The van der Waals surface area contributed by atoms with E-state index in [1.165, 1.54) is 24.3 Å². The number of hydrogen-bond donors (Lipinski definition) is 4. The number of rotatable bonds is 6. The van der Waals surface area contributed by atoms with Crippen LogP contribution in [-0.4, -0.2) is 85.4 Å². The Labute approximate surface area is 257 Å². The number of alkyl halides is 1. The number of ketones is 2. The predicted octanol–water partition coefficient (Wildman–Crippen LogP) is 2.49. The number of aryl methyl sites for hydroxylation is 1. The fourth-order valence-electron chi connectivity index (χ4n) is 7.96. The molecule has 1 aliphatic heterocycles. The normalized spacial score (nSPS) is 39.7. The van der Waals surface area contributed by atoms with Crippen molar-refractivity contribution in [1.82, 2.24) is 0 Å². The summed E-state index contributed by atoms with van der Waals surface area (Å²) in [6.07, 6.45) is 0.315. The molecule has 11 nitrogen and oxygen atoms in total. The second-order valence-electron chi connectivity index (χ2n) is 13.1. The van der Waals surface area contributed by atoms with Gasteiger partial charge in [0.1, 0.15) is 40.3 Å². The zero-order valence-corrected chi connectivity index (χ0v) is 25.5. The van der Waals surface area contributed by atoms with Crippen molar-refractivity contribution in [3.8, 4) is 11.5 Å². The highest BCUT2D eigenvalue weighted by Gasteiger charge is 2.85. The van der Waals surface area contributed by atoms with Gasteiger partial charge in [0, 0.05) is 23.8 Å². The van der Waals surface area contributed by atoms with Crippen molar-refractivity contribution in [2.75, 3.05) is 7.11 Å². The van der Waals surface area contributed by atoms with Crippen molar-refractivity contribution in [2.45, 2.75) is 81.3 Å². The highest BCUT2D eigenvalue weighted by atomic mass is 35.5. The Morgan fingerprint density at radius 3 is 2.41 bits per heavy atom. The Morgan fingerprint density at radius 1 is 1.18 bits per heavy atom. The summed E-state index contributed by atoms with van der Waals surface area (Å²) < 4.78 is 16.9. The van der Waals surface area contributed by atoms with Gasteiger partial charge in [-0.1, -0.05) is 24.6 Å². The summed E-state index contributed by atoms with van der Waals surface area (Å²) in [7, 11) is 1.08. The number of ether oxygens (including phenoxy) is 3. The molecule has 0 radical (unpaired) electrons. The van der Waals surface area contributed by atoms with E-state index in [2.05, 4.69) is 0 Å². The van der Waals surface area contributed by atoms with E-state index in [0.29, 0.717) is 5.56 Å². The van der Waals surface area contributed by atoms with Crippen LogP contribution in [0.3, 0.4) is 0 Å². The summed E-state index contributed by atoms with van der Waals surface area (Å²) in [6, 6.07) is 2.54.